The van der Waals surface area contributed by atoms with Crippen LogP contribution < -0.4 is 24.8 Å². The smallest absolute Gasteiger partial charge is 0.258 e. The molecule has 0 radical (unpaired) electrons. The highest BCUT2D eigenvalue weighted by Gasteiger charge is 2.37. The topological polar surface area (TPSA) is 132 Å². The third-order valence-electron chi connectivity index (χ3n) is 7.92. The Hall–Kier alpha value is -4.16. The Morgan fingerprint density at radius 2 is 1.90 bits per heavy atom. The highest BCUT2D eigenvalue weighted by molar-refractivity contribution is 5.83. The van der Waals surface area contributed by atoms with Crippen molar-refractivity contribution in [1.82, 2.24) is 25.2 Å². The number of aromatic hydroxyl groups is 1. The maximum atomic E-state index is 13.6. The van der Waals surface area contributed by atoms with E-state index >= 15 is 0 Å². The number of quaternary nitrogens is 1. The average molecular weight is 533 g/mol. The van der Waals surface area contributed by atoms with E-state index in [2.05, 4.69) is 25.4 Å². The molecule has 0 spiro atoms. The van der Waals surface area contributed by atoms with E-state index in [0.717, 1.165) is 56.7 Å². The second-order valence-electron chi connectivity index (χ2n) is 10.3. The molecule has 2 atom stereocenters. The van der Waals surface area contributed by atoms with Crippen LogP contribution in [0.4, 0.5) is 5.69 Å². The van der Waals surface area contributed by atoms with E-state index in [9.17, 15) is 9.90 Å². The zero-order chi connectivity index (χ0) is 26.3. The zero-order valence-electron chi connectivity index (χ0n) is 21.4. The number of ether oxygens (including phenoxy) is 3. The molecule has 12 nitrogen and oxygen atoms in total. The number of nitrogens with zero attached hydrogens (tertiary/aromatic N) is 5. The highest BCUT2D eigenvalue weighted by Crippen LogP contribution is 2.35. The summed E-state index contributed by atoms with van der Waals surface area (Å²) in [5.74, 6) is 2.19. The molecular weight excluding hydrogens is 502 g/mol. The first kappa shape index (κ1) is 23.9. The fourth-order valence-electron chi connectivity index (χ4n) is 5.90. The molecule has 4 aromatic rings. The first-order chi connectivity index (χ1) is 19.1. The van der Waals surface area contributed by atoms with Crippen LogP contribution in [0.1, 0.15) is 30.3 Å². The standard InChI is InChI=1S/C27H29N7O5/c35-19-5-3-18(4-6-19)32-7-9-33(10-8-32)25(26-29-30-31-34(26)15-20-2-1-11-37-20)21-12-17-13-23-24(39-16-38-23)14-22(17)28-27(21)36/h3-6,12-14,20,25,35H,1-2,7-11,15-16H2,(H,28,36)/p+1/t20-,25-/m1/s1. The summed E-state index contributed by atoms with van der Waals surface area (Å²) < 4.78 is 18.8. The molecule has 0 saturated carbocycles. The number of nitrogens with one attached hydrogen (secondary N) is 2. The monoisotopic (exact) mass is 532 g/mol. The molecule has 39 heavy (non-hydrogen) atoms. The molecule has 7 rings (SSSR count). The van der Waals surface area contributed by atoms with E-state index in [0.29, 0.717) is 34.9 Å². The number of hydrogen-bond donors (Lipinski definition) is 3. The van der Waals surface area contributed by atoms with Crippen molar-refractivity contribution in [3.05, 3.63) is 64.2 Å². The van der Waals surface area contributed by atoms with Gasteiger partial charge in [-0.3, -0.25) is 4.79 Å². The predicted octanol–water partition coefficient (Wildman–Crippen LogP) is 0.622. The number of phenols is 1. The summed E-state index contributed by atoms with van der Waals surface area (Å²) in [4.78, 5) is 20.2. The van der Waals surface area contributed by atoms with Gasteiger partial charge in [-0.2, -0.15) is 0 Å². The number of piperazine rings is 1. The number of benzene rings is 2. The van der Waals surface area contributed by atoms with Crippen LogP contribution in [0.2, 0.25) is 0 Å². The van der Waals surface area contributed by atoms with Gasteiger partial charge >= 0.3 is 0 Å². The van der Waals surface area contributed by atoms with E-state index in [1.807, 2.05) is 35.0 Å². The summed E-state index contributed by atoms with van der Waals surface area (Å²) in [5, 5.41) is 23.3. The Morgan fingerprint density at radius 1 is 1.10 bits per heavy atom. The van der Waals surface area contributed by atoms with Gasteiger partial charge in [0, 0.05) is 23.7 Å². The maximum Gasteiger partial charge on any atom is 0.258 e. The number of aromatic amines is 1. The van der Waals surface area contributed by atoms with E-state index in [4.69, 9.17) is 14.2 Å². The van der Waals surface area contributed by atoms with Crippen LogP contribution in [0.5, 0.6) is 17.2 Å². The summed E-state index contributed by atoms with van der Waals surface area (Å²) in [7, 11) is 0. The van der Waals surface area contributed by atoms with Gasteiger partial charge in [-0.25, -0.2) is 4.68 Å². The van der Waals surface area contributed by atoms with E-state index in [1.54, 1.807) is 12.1 Å². The molecule has 3 N–H and O–H groups in total. The Bertz CT molecular complexity index is 1540. The van der Waals surface area contributed by atoms with Crippen molar-refractivity contribution in [3.8, 4) is 17.2 Å². The van der Waals surface area contributed by atoms with Crippen molar-refractivity contribution in [2.75, 3.05) is 44.5 Å². The highest BCUT2D eigenvalue weighted by atomic mass is 16.7. The summed E-state index contributed by atoms with van der Waals surface area (Å²) in [6.07, 6.45) is 2.05. The fraction of sp³-hybridized carbons (Fsp3) is 0.407. The molecule has 0 unspecified atom stereocenters. The van der Waals surface area contributed by atoms with Crippen molar-refractivity contribution in [2.45, 2.75) is 31.5 Å². The van der Waals surface area contributed by atoms with Gasteiger partial charge in [0.25, 0.3) is 5.56 Å². The SMILES string of the molecule is O=c1[nH]c2cc3c(cc2cc1[C@H](c1nnnn1C[C@H]1CCCO1)[NH+]1CCN(c2ccc(O)cc2)CC1)OCO3. The molecule has 3 aliphatic rings. The number of hydrogen-bond acceptors (Lipinski definition) is 9. The van der Waals surface area contributed by atoms with Gasteiger partial charge in [0.1, 0.15) is 5.75 Å². The lowest BCUT2D eigenvalue weighted by Crippen LogP contribution is -3.15. The van der Waals surface area contributed by atoms with Crippen LogP contribution in [0.25, 0.3) is 10.9 Å². The Balaban J connectivity index is 1.25. The first-order valence-electron chi connectivity index (χ1n) is 13.4. The van der Waals surface area contributed by atoms with Gasteiger partial charge in [0.15, 0.2) is 17.5 Å². The Morgan fingerprint density at radius 3 is 2.67 bits per heavy atom. The Kier molecular flexibility index (Phi) is 6.05. The summed E-state index contributed by atoms with van der Waals surface area (Å²) in [6.45, 7) is 4.58. The molecule has 0 bridgehead atoms. The molecule has 2 fully saturated rings. The van der Waals surface area contributed by atoms with Gasteiger partial charge in [-0.05, 0) is 59.7 Å². The normalized spacial score (nSPS) is 20.1. The minimum atomic E-state index is -0.373. The molecule has 0 aliphatic carbocycles. The van der Waals surface area contributed by atoms with Crippen molar-refractivity contribution in [1.29, 1.82) is 0 Å². The van der Waals surface area contributed by atoms with Crippen molar-refractivity contribution < 1.29 is 24.2 Å². The number of tetrazole rings is 1. The number of fused-ring (bicyclic) bond motifs is 2. The van der Waals surface area contributed by atoms with Crippen LogP contribution in [0.15, 0.2) is 47.3 Å². The summed E-state index contributed by atoms with van der Waals surface area (Å²) in [5.41, 5.74) is 2.19. The first-order valence-corrected chi connectivity index (χ1v) is 13.4. The van der Waals surface area contributed by atoms with E-state index in [-0.39, 0.29) is 30.2 Å². The number of H-pyrrole nitrogens is 1. The van der Waals surface area contributed by atoms with Crippen LogP contribution in [-0.4, -0.2) is 76.0 Å². The average Bonchev–Trinajstić information content (AvgIpc) is 3.72. The van der Waals surface area contributed by atoms with Crippen molar-refractivity contribution >= 4 is 16.6 Å². The van der Waals surface area contributed by atoms with Crippen LogP contribution in [-0.2, 0) is 11.3 Å². The van der Waals surface area contributed by atoms with Crippen LogP contribution in [0.3, 0.4) is 0 Å². The molecule has 0 amide bonds. The lowest BCUT2D eigenvalue weighted by Gasteiger charge is -2.37. The number of aromatic nitrogens is 5. The molecule has 202 valence electrons. The van der Waals surface area contributed by atoms with Crippen LogP contribution in [0, 0.1) is 0 Å². The number of anilines is 1. The van der Waals surface area contributed by atoms with Gasteiger partial charge in [-0.1, -0.05) is 0 Å². The zero-order valence-corrected chi connectivity index (χ0v) is 21.4. The number of phenolic OH excluding ortho intramolecular Hbond substituents is 1. The van der Waals surface area contributed by atoms with Gasteiger partial charge in [-0.15, -0.1) is 5.10 Å². The molecule has 3 aliphatic heterocycles. The fourth-order valence-corrected chi connectivity index (χ4v) is 5.90. The second kappa shape index (κ2) is 9.86. The quantitative estimate of drug-likeness (QED) is 0.327. The molecule has 2 aromatic heterocycles. The summed E-state index contributed by atoms with van der Waals surface area (Å²) >= 11 is 0. The van der Waals surface area contributed by atoms with Crippen LogP contribution >= 0.6 is 0 Å². The predicted molar refractivity (Wildman–Crippen MR) is 140 cm³/mol. The molecule has 2 saturated heterocycles. The third-order valence-corrected chi connectivity index (χ3v) is 7.92. The third kappa shape index (κ3) is 4.55. The second-order valence-corrected chi connectivity index (χ2v) is 10.3. The maximum absolute atomic E-state index is 13.6. The van der Waals surface area contributed by atoms with E-state index in [1.165, 1.54) is 4.90 Å². The molecule has 12 heteroatoms. The van der Waals surface area contributed by atoms with E-state index < -0.39 is 0 Å². The van der Waals surface area contributed by atoms with Crippen molar-refractivity contribution in [2.24, 2.45) is 0 Å². The van der Waals surface area contributed by atoms with Crippen molar-refractivity contribution in [3.63, 3.8) is 0 Å². The largest absolute Gasteiger partial charge is 0.508 e. The lowest BCUT2D eigenvalue weighted by molar-refractivity contribution is -0.927. The molecule has 2 aromatic carbocycles. The van der Waals surface area contributed by atoms with Gasteiger partial charge < -0.3 is 34.1 Å². The minimum absolute atomic E-state index is 0.0591. The lowest BCUT2D eigenvalue weighted by atomic mass is 10.0. The van der Waals surface area contributed by atoms with Gasteiger partial charge in [0.2, 0.25) is 12.6 Å². The summed E-state index contributed by atoms with van der Waals surface area (Å²) in [6, 6.07) is 12.5. The molecule has 5 heterocycles. The van der Waals surface area contributed by atoms with Gasteiger partial charge in [0.05, 0.1) is 49.9 Å². The minimum Gasteiger partial charge on any atom is -0.508 e. The molecular formula is C27H30N7O5+. The Labute approximate surface area is 223 Å². The number of pyridine rings is 1. The number of rotatable bonds is 6.